The van der Waals surface area contributed by atoms with Gasteiger partial charge in [0.05, 0.1) is 12.8 Å². The Kier molecular flexibility index (Phi) is 3.92. The van der Waals surface area contributed by atoms with E-state index in [0.717, 1.165) is 23.6 Å². The molecule has 0 fully saturated rings. The van der Waals surface area contributed by atoms with E-state index >= 15 is 0 Å². The van der Waals surface area contributed by atoms with Gasteiger partial charge in [-0.2, -0.15) is 0 Å². The van der Waals surface area contributed by atoms with Gasteiger partial charge in [0.1, 0.15) is 22.8 Å². The zero-order chi connectivity index (χ0) is 17.3. The number of phenols is 1. The van der Waals surface area contributed by atoms with Crippen molar-refractivity contribution < 1.29 is 27.8 Å². The Morgan fingerprint density at radius 1 is 1.04 bits per heavy atom. The maximum Gasteiger partial charge on any atom is 0.573 e. The maximum atomic E-state index is 12.4. The molecule has 0 aliphatic carbocycles. The second kappa shape index (κ2) is 5.92. The molecule has 0 saturated heterocycles. The predicted molar refractivity (Wildman–Crippen MR) is 82.1 cm³/mol. The number of aromatic nitrogens is 1. The van der Waals surface area contributed by atoms with Crippen molar-refractivity contribution in [3.8, 4) is 28.5 Å². The molecule has 0 bridgehead atoms. The molecule has 0 unspecified atom stereocenters. The zero-order valence-electron chi connectivity index (χ0n) is 12.5. The molecule has 0 aliphatic heterocycles. The highest BCUT2D eigenvalue weighted by atomic mass is 19.4. The Morgan fingerprint density at radius 3 is 2.54 bits per heavy atom. The molecule has 2 aromatic carbocycles. The van der Waals surface area contributed by atoms with Crippen LogP contribution in [0.2, 0.25) is 0 Å². The fraction of sp³-hybridized carbons (Fsp3) is 0.118. The van der Waals surface area contributed by atoms with Crippen molar-refractivity contribution >= 4 is 10.9 Å². The second-order valence-electron chi connectivity index (χ2n) is 4.96. The zero-order valence-corrected chi connectivity index (χ0v) is 12.5. The van der Waals surface area contributed by atoms with Gasteiger partial charge in [-0.1, -0.05) is 18.2 Å². The van der Waals surface area contributed by atoms with Gasteiger partial charge in [0.2, 0.25) is 0 Å². The third kappa shape index (κ3) is 3.19. The number of aromatic hydroxyl groups is 1. The number of rotatable bonds is 3. The molecule has 24 heavy (non-hydrogen) atoms. The number of hydrogen-bond acceptors (Lipinski definition) is 4. The summed E-state index contributed by atoms with van der Waals surface area (Å²) in [6, 6.07) is 12.0. The van der Waals surface area contributed by atoms with Crippen LogP contribution in [0.3, 0.4) is 0 Å². The summed E-state index contributed by atoms with van der Waals surface area (Å²) in [5.74, 6) is -0.111. The van der Waals surface area contributed by atoms with E-state index in [-0.39, 0.29) is 11.3 Å². The first-order valence-electron chi connectivity index (χ1n) is 6.90. The van der Waals surface area contributed by atoms with E-state index in [1.54, 1.807) is 24.3 Å². The summed E-state index contributed by atoms with van der Waals surface area (Å²) in [4.78, 5) is 4.39. The van der Waals surface area contributed by atoms with Gasteiger partial charge >= 0.3 is 6.36 Å². The Labute approximate surface area is 135 Å². The van der Waals surface area contributed by atoms with Crippen molar-refractivity contribution in [3.63, 3.8) is 0 Å². The summed E-state index contributed by atoms with van der Waals surface area (Å²) in [6.45, 7) is 0. The maximum absolute atomic E-state index is 12.4. The van der Waals surface area contributed by atoms with Gasteiger partial charge in [-0.3, -0.25) is 0 Å². The first kappa shape index (κ1) is 15.9. The molecule has 4 nitrogen and oxygen atoms in total. The van der Waals surface area contributed by atoms with Crippen LogP contribution in [0.4, 0.5) is 13.2 Å². The highest BCUT2D eigenvalue weighted by Gasteiger charge is 2.31. The summed E-state index contributed by atoms with van der Waals surface area (Å²) in [7, 11) is 1.50. The van der Waals surface area contributed by atoms with E-state index in [2.05, 4.69) is 9.72 Å². The fourth-order valence-corrected chi connectivity index (χ4v) is 2.35. The summed E-state index contributed by atoms with van der Waals surface area (Å²) in [5, 5.41) is 10.8. The smallest absolute Gasteiger partial charge is 0.507 e. The van der Waals surface area contributed by atoms with Gasteiger partial charge < -0.3 is 14.6 Å². The number of halogens is 3. The van der Waals surface area contributed by atoms with Crippen LogP contribution >= 0.6 is 0 Å². The molecular weight excluding hydrogens is 323 g/mol. The summed E-state index contributed by atoms with van der Waals surface area (Å²) < 4.78 is 46.2. The van der Waals surface area contributed by atoms with Crippen LogP contribution in [0.25, 0.3) is 22.2 Å². The minimum absolute atomic E-state index is 0.129. The van der Waals surface area contributed by atoms with E-state index in [9.17, 15) is 18.3 Å². The summed E-state index contributed by atoms with van der Waals surface area (Å²) >= 11 is 0. The number of alkyl halides is 3. The molecule has 0 atom stereocenters. The van der Waals surface area contributed by atoms with E-state index < -0.39 is 12.1 Å². The van der Waals surface area contributed by atoms with Crippen molar-refractivity contribution in [3.05, 3.63) is 48.5 Å². The molecular formula is C17H12F3NO3. The standard InChI is InChI=1S/C17H12F3NO3/c1-23-15-4-2-3-10-5-7-13(21-16(10)15)12-9-11(6-8-14(12)22)24-17(18,19)20/h2-9,22H,1H3. The number of pyridine rings is 1. The molecule has 3 rings (SSSR count). The van der Waals surface area contributed by atoms with Gasteiger partial charge in [-0.25, -0.2) is 4.98 Å². The minimum atomic E-state index is -4.81. The molecule has 3 aromatic rings. The van der Waals surface area contributed by atoms with Crippen LogP contribution in [0, 0.1) is 0 Å². The number of fused-ring (bicyclic) bond motifs is 1. The highest BCUT2D eigenvalue weighted by Crippen LogP contribution is 2.35. The lowest BCUT2D eigenvalue weighted by atomic mass is 10.1. The molecule has 0 spiro atoms. The Morgan fingerprint density at radius 2 is 1.83 bits per heavy atom. The Hall–Kier alpha value is -2.96. The Bertz CT molecular complexity index is 894. The summed E-state index contributed by atoms with van der Waals surface area (Å²) in [6.07, 6.45) is -4.81. The first-order chi connectivity index (χ1) is 11.4. The van der Waals surface area contributed by atoms with Crippen molar-refractivity contribution in [1.82, 2.24) is 4.98 Å². The molecule has 124 valence electrons. The largest absolute Gasteiger partial charge is 0.573 e. The van der Waals surface area contributed by atoms with Crippen LogP contribution in [0.1, 0.15) is 0 Å². The molecule has 7 heteroatoms. The monoisotopic (exact) mass is 335 g/mol. The molecule has 0 amide bonds. The van der Waals surface area contributed by atoms with Crippen LogP contribution in [-0.4, -0.2) is 23.6 Å². The average molecular weight is 335 g/mol. The van der Waals surface area contributed by atoms with Gasteiger partial charge in [-0.15, -0.1) is 13.2 Å². The molecule has 1 aromatic heterocycles. The number of benzene rings is 2. The highest BCUT2D eigenvalue weighted by molar-refractivity contribution is 5.87. The van der Waals surface area contributed by atoms with Crippen LogP contribution < -0.4 is 9.47 Å². The quantitative estimate of drug-likeness (QED) is 0.765. The minimum Gasteiger partial charge on any atom is -0.507 e. The van der Waals surface area contributed by atoms with Crippen molar-refractivity contribution in [2.75, 3.05) is 7.11 Å². The van der Waals surface area contributed by atoms with Crippen molar-refractivity contribution in [1.29, 1.82) is 0 Å². The van der Waals surface area contributed by atoms with E-state index in [4.69, 9.17) is 4.74 Å². The number of para-hydroxylation sites is 1. The average Bonchev–Trinajstić information content (AvgIpc) is 2.54. The van der Waals surface area contributed by atoms with Crippen molar-refractivity contribution in [2.45, 2.75) is 6.36 Å². The van der Waals surface area contributed by atoms with Crippen LogP contribution in [0.5, 0.6) is 17.2 Å². The number of methoxy groups -OCH3 is 1. The summed E-state index contributed by atoms with van der Waals surface area (Å²) in [5.41, 5.74) is 0.973. The molecule has 1 N–H and O–H groups in total. The lowest BCUT2D eigenvalue weighted by Crippen LogP contribution is -2.17. The molecule has 0 radical (unpaired) electrons. The van der Waals surface area contributed by atoms with Crippen LogP contribution in [-0.2, 0) is 0 Å². The second-order valence-corrected chi connectivity index (χ2v) is 4.96. The number of phenolic OH excluding ortho intramolecular Hbond substituents is 1. The number of hydrogen-bond donors (Lipinski definition) is 1. The van der Waals surface area contributed by atoms with E-state index in [1.807, 2.05) is 6.07 Å². The third-order valence-corrected chi connectivity index (χ3v) is 3.38. The van der Waals surface area contributed by atoms with Gasteiger partial charge in [0.25, 0.3) is 0 Å². The predicted octanol–water partition coefficient (Wildman–Crippen LogP) is 4.51. The van der Waals surface area contributed by atoms with E-state index in [1.165, 1.54) is 7.11 Å². The van der Waals surface area contributed by atoms with Gasteiger partial charge in [0, 0.05) is 10.9 Å². The normalized spacial score (nSPS) is 11.5. The van der Waals surface area contributed by atoms with Gasteiger partial charge in [-0.05, 0) is 30.3 Å². The number of ether oxygens (including phenoxy) is 2. The number of nitrogens with zero attached hydrogens (tertiary/aromatic N) is 1. The van der Waals surface area contributed by atoms with Gasteiger partial charge in [0.15, 0.2) is 0 Å². The molecule has 1 heterocycles. The third-order valence-electron chi connectivity index (χ3n) is 3.38. The first-order valence-corrected chi connectivity index (χ1v) is 6.90. The van der Waals surface area contributed by atoms with Crippen LogP contribution in [0.15, 0.2) is 48.5 Å². The fourth-order valence-electron chi connectivity index (χ4n) is 2.35. The lowest BCUT2D eigenvalue weighted by molar-refractivity contribution is -0.274. The Balaban J connectivity index is 2.11. The van der Waals surface area contributed by atoms with Crippen molar-refractivity contribution in [2.24, 2.45) is 0 Å². The molecule has 0 aliphatic rings. The molecule has 0 saturated carbocycles. The van der Waals surface area contributed by atoms with E-state index in [0.29, 0.717) is 17.0 Å². The SMILES string of the molecule is COc1cccc2ccc(-c3cc(OC(F)(F)F)ccc3O)nc12. The lowest BCUT2D eigenvalue weighted by Gasteiger charge is -2.12. The topological polar surface area (TPSA) is 51.6 Å².